The summed E-state index contributed by atoms with van der Waals surface area (Å²) in [6.07, 6.45) is 1.68. The van der Waals surface area contributed by atoms with E-state index in [-0.39, 0.29) is 22.0 Å². The van der Waals surface area contributed by atoms with Crippen LogP contribution >= 0.6 is 15.9 Å². The van der Waals surface area contributed by atoms with Crippen molar-refractivity contribution in [3.63, 3.8) is 0 Å². The molecule has 0 fully saturated rings. The summed E-state index contributed by atoms with van der Waals surface area (Å²) in [6, 6.07) is 10.2. The van der Waals surface area contributed by atoms with E-state index in [2.05, 4.69) is 20.9 Å². The third-order valence-corrected chi connectivity index (χ3v) is 3.74. The molecule has 0 spiro atoms. The van der Waals surface area contributed by atoms with Crippen LogP contribution in [0, 0.1) is 5.82 Å². The third kappa shape index (κ3) is 3.67. The minimum absolute atomic E-state index is 0.0575. The molecule has 2 aromatic rings. The van der Waals surface area contributed by atoms with Gasteiger partial charge in [-0.3, -0.25) is 9.78 Å². The monoisotopic (exact) mass is 350 g/mol. The average molecular weight is 351 g/mol. The highest BCUT2D eigenvalue weighted by atomic mass is 79.9. The Balaban J connectivity index is 2.30. The summed E-state index contributed by atoms with van der Waals surface area (Å²) >= 11 is 3.11. The number of rotatable bonds is 4. The van der Waals surface area contributed by atoms with E-state index < -0.39 is 5.82 Å². The summed E-state index contributed by atoms with van der Waals surface area (Å²) in [5.74, 6) is -0.872. The molecule has 3 nitrogen and oxygen atoms in total. The fourth-order valence-electron chi connectivity index (χ4n) is 1.98. The van der Waals surface area contributed by atoms with Gasteiger partial charge in [-0.2, -0.15) is 0 Å². The van der Waals surface area contributed by atoms with Gasteiger partial charge in [-0.05, 0) is 54.0 Å². The normalized spacial score (nSPS) is 10.7. The Morgan fingerprint density at radius 2 is 2.05 bits per heavy atom. The lowest BCUT2D eigenvalue weighted by atomic mass is 10.1. The van der Waals surface area contributed by atoms with Crippen LogP contribution < -0.4 is 0 Å². The van der Waals surface area contributed by atoms with Gasteiger partial charge in [0.2, 0.25) is 0 Å². The first-order chi connectivity index (χ1) is 10.0. The van der Waals surface area contributed by atoms with E-state index in [4.69, 9.17) is 0 Å². The molecule has 2 rings (SSSR count). The Hall–Kier alpha value is -1.75. The number of benzene rings is 1. The maximum absolute atomic E-state index is 14.1. The maximum atomic E-state index is 14.1. The van der Waals surface area contributed by atoms with Crippen LogP contribution in [0.1, 0.15) is 29.9 Å². The average Bonchev–Trinajstić information content (AvgIpc) is 2.48. The SMILES string of the molecule is CC(C)N(Cc1ccccn1)C(=O)c1cccc(Br)c1F. The Labute approximate surface area is 131 Å². The van der Waals surface area contributed by atoms with E-state index in [0.717, 1.165) is 5.69 Å². The molecular weight excluding hydrogens is 335 g/mol. The number of hydrogen-bond donors (Lipinski definition) is 0. The molecule has 1 aromatic heterocycles. The van der Waals surface area contributed by atoms with Gasteiger partial charge in [-0.1, -0.05) is 12.1 Å². The number of halogens is 2. The van der Waals surface area contributed by atoms with E-state index in [9.17, 15) is 9.18 Å². The number of nitrogens with zero attached hydrogens (tertiary/aromatic N) is 2. The van der Waals surface area contributed by atoms with E-state index in [1.54, 1.807) is 23.2 Å². The molecule has 0 N–H and O–H groups in total. The van der Waals surface area contributed by atoms with Crippen molar-refractivity contribution in [2.45, 2.75) is 26.4 Å². The van der Waals surface area contributed by atoms with Gasteiger partial charge in [0.1, 0.15) is 5.82 Å². The van der Waals surface area contributed by atoms with Crippen molar-refractivity contribution in [1.29, 1.82) is 0 Å². The van der Waals surface area contributed by atoms with Crippen molar-refractivity contribution in [1.82, 2.24) is 9.88 Å². The molecule has 0 unspecified atom stereocenters. The summed E-state index contributed by atoms with van der Waals surface area (Å²) in [5.41, 5.74) is 0.837. The molecule has 21 heavy (non-hydrogen) atoms. The molecule has 1 amide bonds. The molecule has 0 aliphatic rings. The Morgan fingerprint density at radius 3 is 2.67 bits per heavy atom. The van der Waals surface area contributed by atoms with Gasteiger partial charge in [-0.15, -0.1) is 0 Å². The summed E-state index contributed by atoms with van der Waals surface area (Å²) in [7, 11) is 0. The van der Waals surface area contributed by atoms with Gasteiger partial charge >= 0.3 is 0 Å². The Kier molecular flexibility index (Phi) is 5.07. The molecule has 0 atom stereocenters. The highest BCUT2D eigenvalue weighted by Crippen LogP contribution is 2.21. The molecule has 0 saturated heterocycles. The second-order valence-electron chi connectivity index (χ2n) is 4.95. The second kappa shape index (κ2) is 6.80. The number of amides is 1. The molecule has 110 valence electrons. The van der Waals surface area contributed by atoms with E-state index >= 15 is 0 Å². The smallest absolute Gasteiger partial charge is 0.257 e. The van der Waals surface area contributed by atoms with Crippen LogP contribution in [0.25, 0.3) is 0 Å². The van der Waals surface area contributed by atoms with Crippen LogP contribution in [0.15, 0.2) is 47.1 Å². The van der Waals surface area contributed by atoms with Gasteiger partial charge in [0.25, 0.3) is 5.91 Å². The van der Waals surface area contributed by atoms with Crippen LogP contribution in [-0.2, 0) is 6.54 Å². The number of pyridine rings is 1. The molecule has 0 aliphatic heterocycles. The first-order valence-corrected chi connectivity index (χ1v) is 7.45. The van der Waals surface area contributed by atoms with E-state index in [1.165, 1.54) is 6.07 Å². The number of carbonyl (C=O) groups excluding carboxylic acids is 1. The highest BCUT2D eigenvalue weighted by Gasteiger charge is 2.23. The Bertz CT molecular complexity index is 631. The highest BCUT2D eigenvalue weighted by molar-refractivity contribution is 9.10. The predicted molar refractivity (Wildman–Crippen MR) is 83.3 cm³/mol. The standard InChI is InChI=1S/C16H16BrFN2O/c1-11(2)20(10-12-6-3-4-9-19-12)16(21)13-7-5-8-14(17)15(13)18/h3-9,11H,10H2,1-2H3. The molecule has 0 bridgehead atoms. The quantitative estimate of drug-likeness (QED) is 0.833. The maximum Gasteiger partial charge on any atom is 0.257 e. The molecule has 5 heteroatoms. The minimum atomic E-state index is -0.533. The molecule has 1 aromatic carbocycles. The fourth-order valence-corrected chi connectivity index (χ4v) is 2.34. The number of hydrogen-bond acceptors (Lipinski definition) is 2. The summed E-state index contributed by atoms with van der Waals surface area (Å²) < 4.78 is 14.4. The van der Waals surface area contributed by atoms with Gasteiger partial charge in [0, 0.05) is 12.2 Å². The zero-order valence-electron chi connectivity index (χ0n) is 11.9. The summed E-state index contributed by atoms with van der Waals surface area (Å²) in [6.45, 7) is 4.15. The van der Waals surface area contributed by atoms with Crippen LogP contribution in [0.5, 0.6) is 0 Å². The van der Waals surface area contributed by atoms with Gasteiger partial charge in [0.15, 0.2) is 0 Å². The van der Waals surface area contributed by atoms with Crippen LogP contribution in [0.3, 0.4) is 0 Å². The van der Waals surface area contributed by atoms with Crippen molar-refractivity contribution in [2.24, 2.45) is 0 Å². The largest absolute Gasteiger partial charge is 0.330 e. The predicted octanol–water partition coefficient (Wildman–Crippen LogP) is 4.03. The zero-order chi connectivity index (χ0) is 15.4. The van der Waals surface area contributed by atoms with E-state index in [1.807, 2.05) is 32.0 Å². The summed E-state index contributed by atoms with van der Waals surface area (Å²) in [4.78, 5) is 18.4. The van der Waals surface area contributed by atoms with Gasteiger partial charge < -0.3 is 4.90 Å². The molecule has 0 saturated carbocycles. The first kappa shape index (κ1) is 15.6. The zero-order valence-corrected chi connectivity index (χ0v) is 13.5. The van der Waals surface area contributed by atoms with Gasteiger partial charge in [0.05, 0.1) is 22.3 Å². The topological polar surface area (TPSA) is 33.2 Å². The lowest BCUT2D eigenvalue weighted by molar-refractivity contribution is 0.0683. The van der Waals surface area contributed by atoms with Crippen molar-refractivity contribution in [2.75, 3.05) is 0 Å². The number of carbonyl (C=O) groups is 1. The minimum Gasteiger partial charge on any atom is -0.330 e. The first-order valence-electron chi connectivity index (χ1n) is 6.65. The van der Waals surface area contributed by atoms with Crippen LogP contribution in [0.4, 0.5) is 4.39 Å². The number of aromatic nitrogens is 1. The third-order valence-electron chi connectivity index (χ3n) is 3.12. The molecule has 0 radical (unpaired) electrons. The lowest BCUT2D eigenvalue weighted by Crippen LogP contribution is -2.37. The molecule has 1 heterocycles. The van der Waals surface area contributed by atoms with Crippen molar-refractivity contribution in [3.8, 4) is 0 Å². The molecular formula is C16H16BrFN2O. The lowest BCUT2D eigenvalue weighted by Gasteiger charge is -2.26. The van der Waals surface area contributed by atoms with Crippen molar-refractivity contribution < 1.29 is 9.18 Å². The summed E-state index contributed by atoms with van der Waals surface area (Å²) in [5, 5.41) is 0. The Morgan fingerprint density at radius 1 is 1.29 bits per heavy atom. The fraction of sp³-hybridized carbons (Fsp3) is 0.250. The molecule has 0 aliphatic carbocycles. The second-order valence-corrected chi connectivity index (χ2v) is 5.80. The van der Waals surface area contributed by atoms with Crippen LogP contribution in [0.2, 0.25) is 0 Å². The van der Waals surface area contributed by atoms with E-state index in [0.29, 0.717) is 6.54 Å². The van der Waals surface area contributed by atoms with Crippen molar-refractivity contribution >= 4 is 21.8 Å². The van der Waals surface area contributed by atoms with Gasteiger partial charge in [-0.25, -0.2) is 4.39 Å². The van der Waals surface area contributed by atoms with Crippen LogP contribution in [-0.4, -0.2) is 21.8 Å². The van der Waals surface area contributed by atoms with Crippen molar-refractivity contribution in [3.05, 3.63) is 64.1 Å².